The first-order chi connectivity index (χ1) is 9.25. The normalized spacial score (nSPS) is 16.7. The molecule has 1 aromatic heterocycles. The van der Waals surface area contributed by atoms with Crippen LogP contribution in [-0.2, 0) is 0 Å². The molecule has 4 nitrogen and oxygen atoms in total. The Morgan fingerprint density at radius 1 is 1.32 bits per heavy atom. The minimum atomic E-state index is -0.334. The molecule has 1 fully saturated rings. The summed E-state index contributed by atoms with van der Waals surface area (Å²) in [7, 11) is 0. The summed E-state index contributed by atoms with van der Waals surface area (Å²) in [4.78, 5) is 4.40. The zero-order valence-electron chi connectivity index (χ0n) is 10.2. The zero-order valence-corrected chi connectivity index (χ0v) is 11.8. The second-order valence-corrected chi connectivity index (χ2v) is 5.38. The number of piperidine rings is 1. The molecule has 6 heteroatoms. The van der Waals surface area contributed by atoms with Crippen LogP contribution in [0.15, 0.2) is 27.2 Å². The van der Waals surface area contributed by atoms with Crippen LogP contribution in [0.2, 0.25) is 0 Å². The molecule has 0 radical (unpaired) electrons. The smallest absolute Gasteiger partial charge is 0.259 e. The van der Waals surface area contributed by atoms with Crippen molar-refractivity contribution in [1.82, 2.24) is 15.5 Å². The molecule has 19 heavy (non-hydrogen) atoms. The molecule has 0 bridgehead atoms. The SMILES string of the molecule is Fc1cccc(-c2nc(C3CCNCC3)no2)c1Br. The van der Waals surface area contributed by atoms with Crippen LogP contribution in [0.4, 0.5) is 4.39 Å². The van der Waals surface area contributed by atoms with Crippen LogP contribution >= 0.6 is 15.9 Å². The Bertz CT molecular complexity index is 581. The molecule has 2 heterocycles. The summed E-state index contributed by atoms with van der Waals surface area (Å²) in [6.07, 6.45) is 2.01. The predicted octanol–water partition coefficient (Wildman–Crippen LogP) is 3.11. The fourth-order valence-electron chi connectivity index (χ4n) is 2.26. The maximum Gasteiger partial charge on any atom is 0.259 e. The Morgan fingerprint density at radius 3 is 2.89 bits per heavy atom. The van der Waals surface area contributed by atoms with E-state index in [1.54, 1.807) is 12.1 Å². The number of hydrogen-bond donors (Lipinski definition) is 1. The number of hydrogen-bond acceptors (Lipinski definition) is 4. The van der Waals surface area contributed by atoms with E-state index >= 15 is 0 Å². The van der Waals surface area contributed by atoms with Crippen LogP contribution in [0.1, 0.15) is 24.6 Å². The fourth-order valence-corrected chi connectivity index (χ4v) is 2.69. The van der Waals surface area contributed by atoms with E-state index in [2.05, 4.69) is 31.4 Å². The molecule has 1 saturated heterocycles. The number of rotatable bonds is 2. The van der Waals surface area contributed by atoms with Gasteiger partial charge in [-0.05, 0) is 54.0 Å². The first-order valence-corrected chi connectivity index (χ1v) is 7.03. The van der Waals surface area contributed by atoms with Gasteiger partial charge >= 0.3 is 0 Å². The third-order valence-electron chi connectivity index (χ3n) is 3.33. The lowest BCUT2D eigenvalue weighted by atomic mass is 9.98. The molecule has 0 atom stereocenters. The van der Waals surface area contributed by atoms with E-state index in [1.165, 1.54) is 6.07 Å². The van der Waals surface area contributed by atoms with Gasteiger partial charge in [0.25, 0.3) is 5.89 Å². The van der Waals surface area contributed by atoms with Gasteiger partial charge < -0.3 is 9.84 Å². The highest BCUT2D eigenvalue weighted by molar-refractivity contribution is 9.10. The Balaban J connectivity index is 1.90. The largest absolute Gasteiger partial charge is 0.334 e. The fraction of sp³-hybridized carbons (Fsp3) is 0.385. The van der Waals surface area contributed by atoms with Crippen molar-refractivity contribution in [3.8, 4) is 11.5 Å². The molecule has 0 spiro atoms. The van der Waals surface area contributed by atoms with E-state index in [0.29, 0.717) is 27.7 Å². The van der Waals surface area contributed by atoms with Crippen LogP contribution in [0.3, 0.4) is 0 Å². The van der Waals surface area contributed by atoms with Crippen LogP contribution in [0.5, 0.6) is 0 Å². The van der Waals surface area contributed by atoms with E-state index in [-0.39, 0.29) is 5.82 Å². The summed E-state index contributed by atoms with van der Waals surface area (Å²) in [5, 5.41) is 7.33. The van der Waals surface area contributed by atoms with Gasteiger partial charge in [0, 0.05) is 5.92 Å². The molecule has 2 aromatic rings. The average Bonchev–Trinajstić information content (AvgIpc) is 2.92. The van der Waals surface area contributed by atoms with Crippen molar-refractivity contribution in [2.24, 2.45) is 0 Å². The third kappa shape index (κ3) is 2.55. The van der Waals surface area contributed by atoms with Crippen LogP contribution < -0.4 is 5.32 Å². The number of aromatic nitrogens is 2. The first kappa shape index (κ1) is 12.7. The molecule has 1 aliphatic heterocycles. The van der Waals surface area contributed by atoms with Gasteiger partial charge in [-0.1, -0.05) is 11.2 Å². The Kier molecular flexibility index (Phi) is 3.61. The standard InChI is InChI=1S/C13H13BrFN3O/c14-11-9(2-1-3-10(11)15)13-17-12(18-19-13)8-4-6-16-7-5-8/h1-3,8,16H,4-7H2. The summed E-state index contributed by atoms with van der Waals surface area (Å²) in [6.45, 7) is 1.94. The van der Waals surface area contributed by atoms with Gasteiger partial charge in [0.05, 0.1) is 10.0 Å². The second-order valence-electron chi connectivity index (χ2n) is 4.58. The Labute approximate surface area is 118 Å². The van der Waals surface area contributed by atoms with Gasteiger partial charge in [0.2, 0.25) is 0 Å². The molecule has 1 aromatic carbocycles. The summed E-state index contributed by atoms with van der Waals surface area (Å²) in [5.41, 5.74) is 0.590. The summed E-state index contributed by atoms with van der Waals surface area (Å²) in [6, 6.07) is 4.77. The summed E-state index contributed by atoms with van der Waals surface area (Å²) in [5.74, 6) is 1.07. The van der Waals surface area contributed by atoms with Gasteiger partial charge in [-0.2, -0.15) is 4.98 Å². The van der Waals surface area contributed by atoms with Gasteiger partial charge in [-0.3, -0.25) is 0 Å². The average molecular weight is 326 g/mol. The van der Waals surface area contributed by atoms with Crippen molar-refractivity contribution < 1.29 is 8.91 Å². The number of benzene rings is 1. The third-order valence-corrected chi connectivity index (χ3v) is 4.13. The monoisotopic (exact) mass is 325 g/mol. The second kappa shape index (κ2) is 5.38. The van der Waals surface area contributed by atoms with Crippen molar-refractivity contribution in [3.05, 3.63) is 34.3 Å². The zero-order chi connectivity index (χ0) is 13.2. The molecule has 0 aliphatic carbocycles. The quantitative estimate of drug-likeness (QED) is 0.921. The molecule has 1 aliphatic rings. The minimum absolute atomic E-state index is 0.325. The lowest BCUT2D eigenvalue weighted by Crippen LogP contribution is -2.27. The molecule has 0 unspecified atom stereocenters. The van der Waals surface area contributed by atoms with E-state index in [9.17, 15) is 4.39 Å². The maximum absolute atomic E-state index is 13.5. The van der Waals surface area contributed by atoms with E-state index < -0.39 is 0 Å². The number of nitrogens with zero attached hydrogens (tertiary/aromatic N) is 2. The van der Waals surface area contributed by atoms with Crippen molar-refractivity contribution >= 4 is 15.9 Å². The summed E-state index contributed by atoms with van der Waals surface area (Å²) < 4.78 is 19.1. The van der Waals surface area contributed by atoms with Crippen molar-refractivity contribution in [3.63, 3.8) is 0 Å². The maximum atomic E-state index is 13.5. The lowest BCUT2D eigenvalue weighted by Gasteiger charge is -2.18. The van der Waals surface area contributed by atoms with Crippen LogP contribution in [0, 0.1) is 5.82 Å². The van der Waals surface area contributed by atoms with Gasteiger partial charge in [-0.15, -0.1) is 0 Å². The number of nitrogens with one attached hydrogen (secondary N) is 1. The molecule has 100 valence electrons. The van der Waals surface area contributed by atoms with Crippen LogP contribution in [0.25, 0.3) is 11.5 Å². The first-order valence-electron chi connectivity index (χ1n) is 6.24. The molecular formula is C13H13BrFN3O. The molecule has 0 saturated carbocycles. The van der Waals surface area contributed by atoms with E-state index in [1.807, 2.05) is 0 Å². The van der Waals surface area contributed by atoms with Crippen LogP contribution in [-0.4, -0.2) is 23.2 Å². The van der Waals surface area contributed by atoms with Gasteiger partial charge in [0.15, 0.2) is 5.82 Å². The molecule has 3 rings (SSSR count). The van der Waals surface area contributed by atoms with Crippen molar-refractivity contribution in [1.29, 1.82) is 0 Å². The molecule has 0 amide bonds. The molecule has 1 N–H and O–H groups in total. The topological polar surface area (TPSA) is 51.0 Å². The predicted molar refractivity (Wildman–Crippen MR) is 72.2 cm³/mol. The highest BCUT2D eigenvalue weighted by Gasteiger charge is 2.22. The minimum Gasteiger partial charge on any atom is -0.334 e. The highest BCUT2D eigenvalue weighted by atomic mass is 79.9. The number of halogens is 2. The lowest BCUT2D eigenvalue weighted by molar-refractivity contribution is 0.392. The van der Waals surface area contributed by atoms with Crippen molar-refractivity contribution in [2.45, 2.75) is 18.8 Å². The van der Waals surface area contributed by atoms with E-state index in [0.717, 1.165) is 25.9 Å². The van der Waals surface area contributed by atoms with E-state index in [4.69, 9.17) is 4.52 Å². The van der Waals surface area contributed by atoms with Gasteiger partial charge in [0.1, 0.15) is 5.82 Å². The Hall–Kier alpha value is -1.27. The van der Waals surface area contributed by atoms with Crippen molar-refractivity contribution in [2.75, 3.05) is 13.1 Å². The summed E-state index contributed by atoms with van der Waals surface area (Å²) >= 11 is 3.21. The highest BCUT2D eigenvalue weighted by Crippen LogP contribution is 2.31. The Morgan fingerprint density at radius 2 is 2.11 bits per heavy atom. The molecular weight excluding hydrogens is 313 g/mol. The van der Waals surface area contributed by atoms with Gasteiger partial charge in [-0.25, -0.2) is 4.39 Å².